The Labute approximate surface area is 141 Å². The van der Waals surface area contributed by atoms with Gasteiger partial charge in [0, 0.05) is 27.6 Å². The predicted octanol–water partition coefficient (Wildman–Crippen LogP) is 3.85. The second-order valence-corrected chi connectivity index (χ2v) is 7.28. The number of nitrogens with zero attached hydrogens (tertiary/aromatic N) is 1. The van der Waals surface area contributed by atoms with Gasteiger partial charge >= 0.3 is 0 Å². The number of hydrogen-bond donors (Lipinski definition) is 2. The molecule has 120 valence electrons. The van der Waals surface area contributed by atoms with Crippen LogP contribution in [0.2, 0.25) is 5.02 Å². The fourth-order valence-electron chi connectivity index (χ4n) is 2.14. The smallest absolute Gasteiger partial charge is 0.0609 e. The Balaban J connectivity index is 2.79. The van der Waals surface area contributed by atoms with Crippen LogP contribution in [0.15, 0.2) is 22.7 Å². The molecule has 0 aliphatic heterocycles. The van der Waals surface area contributed by atoms with E-state index < -0.39 is 0 Å². The lowest BCUT2D eigenvalue weighted by atomic mass is 10.0. The summed E-state index contributed by atoms with van der Waals surface area (Å²) < 4.78 is 0.991. The molecule has 1 unspecified atom stereocenters. The van der Waals surface area contributed by atoms with Crippen molar-refractivity contribution in [2.24, 2.45) is 0 Å². The third-order valence-corrected chi connectivity index (χ3v) is 4.78. The maximum atomic E-state index is 9.44. The second-order valence-electron chi connectivity index (χ2n) is 5.96. The molecule has 1 aromatic carbocycles. The Bertz CT molecular complexity index is 454. The van der Waals surface area contributed by atoms with Gasteiger partial charge in [-0.2, -0.15) is 0 Å². The molecule has 3 nitrogen and oxygen atoms in total. The summed E-state index contributed by atoms with van der Waals surface area (Å²) in [6.07, 6.45) is 0.940. The fourth-order valence-corrected chi connectivity index (χ4v) is 2.95. The Morgan fingerprint density at radius 1 is 1.43 bits per heavy atom. The Hall–Kier alpha value is -0.130. The van der Waals surface area contributed by atoms with Crippen LogP contribution in [-0.2, 0) is 0 Å². The van der Waals surface area contributed by atoms with Crippen molar-refractivity contribution in [3.63, 3.8) is 0 Å². The normalized spacial score (nSPS) is 13.7. The zero-order valence-corrected chi connectivity index (χ0v) is 15.6. The van der Waals surface area contributed by atoms with Gasteiger partial charge < -0.3 is 10.4 Å². The van der Waals surface area contributed by atoms with Crippen LogP contribution in [0.1, 0.15) is 38.8 Å². The third-order valence-electron chi connectivity index (χ3n) is 3.96. The van der Waals surface area contributed by atoms with Gasteiger partial charge in [-0.25, -0.2) is 0 Å². The minimum absolute atomic E-state index is 0.147. The van der Waals surface area contributed by atoms with Gasteiger partial charge in [0.25, 0.3) is 0 Å². The molecule has 0 heterocycles. The van der Waals surface area contributed by atoms with E-state index in [0.29, 0.717) is 0 Å². The van der Waals surface area contributed by atoms with Crippen LogP contribution in [0.4, 0.5) is 0 Å². The summed E-state index contributed by atoms with van der Waals surface area (Å²) in [5, 5.41) is 13.7. The van der Waals surface area contributed by atoms with E-state index in [4.69, 9.17) is 11.6 Å². The molecule has 1 aromatic rings. The van der Waals surface area contributed by atoms with Crippen molar-refractivity contribution >= 4 is 27.5 Å². The first-order chi connectivity index (χ1) is 9.81. The van der Waals surface area contributed by atoms with Crippen LogP contribution in [0.25, 0.3) is 0 Å². The Morgan fingerprint density at radius 3 is 2.62 bits per heavy atom. The predicted molar refractivity (Wildman–Crippen MR) is 94.0 cm³/mol. The van der Waals surface area contributed by atoms with Crippen LogP contribution in [0.3, 0.4) is 0 Å². The summed E-state index contributed by atoms with van der Waals surface area (Å²) in [7, 11) is 2.04. The summed E-state index contributed by atoms with van der Waals surface area (Å²) in [4.78, 5) is 2.18. The molecular weight excluding hydrogens is 352 g/mol. The van der Waals surface area contributed by atoms with Gasteiger partial charge in [0.15, 0.2) is 0 Å². The van der Waals surface area contributed by atoms with E-state index in [9.17, 15) is 5.11 Å². The van der Waals surface area contributed by atoms with Crippen molar-refractivity contribution < 1.29 is 5.11 Å². The van der Waals surface area contributed by atoms with Gasteiger partial charge in [-0.05, 0) is 51.6 Å². The molecule has 5 heteroatoms. The van der Waals surface area contributed by atoms with E-state index >= 15 is 0 Å². The standard InChI is InChI=1S/C16H26BrClN2O/c1-5-19-15(8-9-20(4)16(2,3)11-21)13-7-6-12(17)10-14(13)18/h6-7,10,15,19,21H,5,8-9,11H2,1-4H3. The SMILES string of the molecule is CCNC(CCN(C)C(C)(C)CO)c1ccc(Br)cc1Cl. The second kappa shape index (κ2) is 8.49. The first kappa shape index (κ1) is 18.9. The minimum Gasteiger partial charge on any atom is -0.394 e. The number of hydrogen-bond acceptors (Lipinski definition) is 3. The summed E-state index contributed by atoms with van der Waals surface area (Å²) >= 11 is 9.81. The van der Waals surface area contributed by atoms with Crippen molar-refractivity contribution in [2.45, 2.75) is 38.8 Å². The van der Waals surface area contributed by atoms with E-state index in [1.165, 1.54) is 0 Å². The fraction of sp³-hybridized carbons (Fsp3) is 0.625. The monoisotopic (exact) mass is 376 g/mol. The number of aliphatic hydroxyl groups is 1. The molecule has 0 spiro atoms. The maximum Gasteiger partial charge on any atom is 0.0609 e. The average Bonchev–Trinajstić information content (AvgIpc) is 2.43. The van der Waals surface area contributed by atoms with Crippen molar-refractivity contribution in [3.05, 3.63) is 33.3 Å². The molecular formula is C16H26BrClN2O. The molecule has 21 heavy (non-hydrogen) atoms. The molecule has 0 saturated heterocycles. The number of likely N-dealkylation sites (N-methyl/N-ethyl adjacent to an activating group) is 1. The molecule has 0 saturated carbocycles. The van der Waals surface area contributed by atoms with Crippen molar-refractivity contribution in [1.82, 2.24) is 10.2 Å². The van der Waals surface area contributed by atoms with Gasteiger partial charge in [-0.15, -0.1) is 0 Å². The highest BCUT2D eigenvalue weighted by Crippen LogP contribution is 2.29. The molecule has 0 amide bonds. The molecule has 0 aliphatic carbocycles. The van der Waals surface area contributed by atoms with E-state index in [2.05, 4.69) is 39.1 Å². The van der Waals surface area contributed by atoms with E-state index in [-0.39, 0.29) is 18.2 Å². The summed E-state index contributed by atoms with van der Waals surface area (Å²) in [5.74, 6) is 0. The number of rotatable bonds is 8. The highest BCUT2D eigenvalue weighted by Gasteiger charge is 2.23. The highest BCUT2D eigenvalue weighted by atomic mass is 79.9. The van der Waals surface area contributed by atoms with Gasteiger partial charge in [-0.1, -0.05) is 40.5 Å². The number of halogens is 2. The van der Waals surface area contributed by atoms with Crippen molar-refractivity contribution in [1.29, 1.82) is 0 Å². The lowest BCUT2D eigenvalue weighted by molar-refractivity contribution is 0.0758. The zero-order chi connectivity index (χ0) is 16.0. The largest absolute Gasteiger partial charge is 0.394 e. The zero-order valence-electron chi connectivity index (χ0n) is 13.3. The highest BCUT2D eigenvalue weighted by molar-refractivity contribution is 9.10. The lowest BCUT2D eigenvalue weighted by Gasteiger charge is -2.35. The Kier molecular flexibility index (Phi) is 7.65. The van der Waals surface area contributed by atoms with Crippen molar-refractivity contribution in [2.75, 3.05) is 26.7 Å². The van der Waals surface area contributed by atoms with Crippen LogP contribution in [-0.4, -0.2) is 42.3 Å². The quantitative estimate of drug-likeness (QED) is 0.722. The molecule has 0 radical (unpaired) electrons. The van der Waals surface area contributed by atoms with E-state index in [1.807, 2.05) is 33.0 Å². The third kappa shape index (κ3) is 5.53. The number of nitrogens with one attached hydrogen (secondary N) is 1. The number of aliphatic hydroxyl groups excluding tert-OH is 1. The van der Waals surface area contributed by atoms with E-state index in [0.717, 1.165) is 34.6 Å². The lowest BCUT2D eigenvalue weighted by Crippen LogP contribution is -2.45. The van der Waals surface area contributed by atoms with Crippen LogP contribution < -0.4 is 5.32 Å². The van der Waals surface area contributed by atoms with Crippen LogP contribution in [0.5, 0.6) is 0 Å². The van der Waals surface area contributed by atoms with Gasteiger partial charge in [0.1, 0.15) is 0 Å². The molecule has 0 bridgehead atoms. The van der Waals surface area contributed by atoms with E-state index in [1.54, 1.807) is 0 Å². The van der Waals surface area contributed by atoms with Crippen LogP contribution in [0, 0.1) is 0 Å². The van der Waals surface area contributed by atoms with Gasteiger partial charge in [0.05, 0.1) is 6.61 Å². The number of benzene rings is 1. The summed E-state index contributed by atoms with van der Waals surface area (Å²) in [6.45, 7) is 8.11. The van der Waals surface area contributed by atoms with Crippen LogP contribution >= 0.6 is 27.5 Å². The van der Waals surface area contributed by atoms with Gasteiger partial charge in [0.2, 0.25) is 0 Å². The maximum absolute atomic E-state index is 9.44. The molecule has 1 rings (SSSR count). The Morgan fingerprint density at radius 2 is 2.10 bits per heavy atom. The first-order valence-electron chi connectivity index (χ1n) is 7.32. The van der Waals surface area contributed by atoms with Crippen molar-refractivity contribution in [3.8, 4) is 0 Å². The first-order valence-corrected chi connectivity index (χ1v) is 8.49. The molecule has 0 aliphatic rings. The minimum atomic E-state index is -0.208. The summed E-state index contributed by atoms with van der Waals surface area (Å²) in [5.41, 5.74) is 0.914. The molecule has 2 N–H and O–H groups in total. The molecule has 0 aromatic heterocycles. The topological polar surface area (TPSA) is 35.5 Å². The molecule has 0 fully saturated rings. The molecule has 1 atom stereocenters. The summed E-state index contributed by atoms with van der Waals surface area (Å²) in [6, 6.07) is 6.24. The van der Waals surface area contributed by atoms with Gasteiger partial charge in [-0.3, -0.25) is 4.90 Å². The average molecular weight is 378 g/mol.